The van der Waals surface area contributed by atoms with Crippen molar-refractivity contribution in [2.24, 2.45) is 0 Å². The van der Waals surface area contributed by atoms with Crippen LogP contribution in [0.15, 0.2) is 0 Å². The minimum Gasteiger partial charge on any atom is -0.309 e. The fourth-order valence-electron chi connectivity index (χ4n) is 0.363. The van der Waals surface area contributed by atoms with Gasteiger partial charge in [0.25, 0.3) is 0 Å². The molecule has 56 valence electrons. The van der Waals surface area contributed by atoms with Crippen molar-refractivity contribution in [3.8, 4) is 0 Å². The van der Waals surface area contributed by atoms with E-state index in [-0.39, 0.29) is 24.2 Å². The number of carbonyl (C=O) groups excluding carboxylic acids is 1. The van der Waals surface area contributed by atoms with Crippen LogP contribution in [-0.4, -0.2) is 18.3 Å². The summed E-state index contributed by atoms with van der Waals surface area (Å²) in [6.45, 7) is 3.18. The van der Waals surface area contributed by atoms with Crippen LogP contribution in [0.2, 0.25) is 0 Å². The lowest BCUT2D eigenvalue weighted by Crippen LogP contribution is -2.20. The fraction of sp³-hybridized carbons (Fsp3) is 0.800. The highest BCUT2D eigenvalue weighted by Crippen LogP contribution is 1.75. The number of rotatable bonds is 4. The highest BCUT2D eigenvalue weighted by Gasteiger charge is 1.90. The first kappa shape index (κ1) is 11.9. The van der Waals surface area contributed by atoms with Crippen LogP contribution in [0.5, 0.6) is 0 Å². The van der Waals surface area contributed by atoms with Crippen LogP contribution in [-0.2, 0) is 4.79 Å². The molecule has 0 fully saturated rings. The van der Waals surface area contributed by atoms with Gasteiger partial charge in [-0.2, -0.15) is 0 Å². The molecule has 0 heterocycles. The van der Waals surface area contributed by atoms with E-state index in [9.17, 15) is 4.79 Å². The van der Waals surface area contributed by atoms with Gasteiger partial charge in [0.1, 0.15) is 0 Å². The molecular weight excluding hydrogens is 161 g/mol. The molecule has 0 amide bonds. The third-order valence-corrected chi connectivity index (χ3v) is 0.824. The molecule has 0 aliphatic heterocycles. The van der Waals surface area contributed by atoms with Gasteiger partial charge in [-0.15, -0.1) is 12.4 Å². The number of hydrogen-bond donors (Lipinski definition) is 1. The second kappa shape index (κ2) is 8.21. The summed E-state index contributed by atoms with van der Waals surface area (Å²) in [5.41, 5.74) is 0. The Morgan fingerprint density at radius 1 is 1.67 bits per heavy atom. The molecule has 0 aliphatic rings. The topological polar surface area (TPSA) is 29.1 Å². The van der Waals surface area contributed by atoms with E-state index < -0.39 is 0 Å². The van der Waals surface area contributed by atoms with E-state index >= 15 is 0 Å². The predicted octanol–water partition coefficient (Wildman–Crippen LogP) is 1.17. The zero-order valence-corrected chi connectivity index (χ0v) is 6.89. The van der Waals surface area contributed by atoms with E-state index in [2.05, 4.69) is 5.32 Å². The van der Waals surface area contributed by atoms with Crippen LogP contribution in [0.1, 0.15) is 13.3 Å². The minimum atomic E-state index is -0.321. The predicted molar refractivity (Wildman–Crippen MR) is 41.3 cm³/mol. The first-order chi connectivity index (χ1) is 3.77. The fourth-order valence-corrected chi connectivity index (χ4v) is 0.458. The Kier molecular flexibility index (Phi) is 10.9. The van der Waals surface area contributed by atoms with Gasteiger partial charge in [-0.05, 0) is 24.6 Å². The first-order valence-electron chi connectivity index (χ1n) is 2.66. The molecule has 4 heteroatoms. The minimum absolute atomic E-state index is 0. The zero-order chi connectivity index (χ0) is 6.41. The Labute approximate surface area is 66.4 Å². The molecule has 0 unspecified atom stereocenters. The Bertz CT molecular complexity index is 77.4. The van der Waals surface area contributed by atoms with E-state index in [4.69, 9.17) is 11.6 Å². The summed E-state index contributed by atoms with van der Waals surface area (Å²) in [6.07, 6.45) is 1.03. The molecule has 0 rings (SSSR count). The maximum atomic E-state index is 10.0. The van der Waals surface area contributed by atoms with Gasteiger partial charge >= 0.3 is 0 Å². The molecule has 0 aromatic heterocycles. The van der Waals surface area contributed by atoms with Crippen molar-refractivity contribution in [3.63, 3.8) is 0 Å². The standard InChI is InChI=1S/C5H10ClNO.ClH/c1-2-3-7-4-5(6)8;/h7H,2-4H2,1H3;1H. The summed E-state index contributed by atoms with van der Waals surface area (Å²) in [5, 5.41) is 2.53. The van der Waals surface area contributed by atoms with Crippen LogP contribution in [0.4, 0.5) is 0 Å². The monoisotopic (exact) mass is 171 g/mol. The Morgan fingerprint density at radius 2 is 2.22 bits per heavy atom. The Balaban J connectivity index is 0. The average molecular weight is 172 g/mol. The molecular formula is C5H11Cl2NO. The molecule has 2 nitrogen and oxygen atoms in total. The molecule has 0 aromatic rings. The molecule has 0 atom stereocenters. The van der Waals surface area contributed by atoms with Crippen molar-refractivity contribution in [2.75, 3.05) is 13.1 Å². The number of halogens is 2. The number of nitrogens with one attached hydrogen (secondary N) is 1. The van der Waals surface area contributed by atoms with Gasteiger partial charge in [0, 0.05) is 0 Å². The van der Waals surface area contributed by atoms with Gasteiger partial charge in [-0.3, -0.25) is 4.79 Å². The maximum Gasteiger partial charge on any atom is 0.235 e. The van der Waals surface area contributed by atoms with Gasteiger partial charge in [0.2, 0.25) is 5.24 Å². The normalized spacial score (nSPS) is 8.22. The van der Waals surface area contributed by atoms with Crippen LogP contribution < -0.4 is 5.32 Å². The van der Waals surface area contributed by atoms with Crippen molar-refractivity contribution < 1.29 is 4.79 Å². The number of hydrogen-bond acceptors (Lipinski definition) is 2. The van der Waals surface area contributed by atoms with E-state index in [1.165, 1.54) is 0 Å². The molecule has 0 aliphatic carbocycles. The van der Waals surface area contributed by atoms with Crippen LogP contribution >= 0.6 is 24.0 Å². The summed E-state index contributed by atoms with van der Waals surface area (Å²) in [4.78, 5) is 10.0. The SMILES string of the molecule is CCCNCC(=O)Cl.Cl. The van der Waals surface area contributed by atoms with E-state index in [0.29, 0.717) is 0 Å². The lowest BCUT2D eigenvalue weighted by molar-refractivity contribution is -0.110. The van der Waals surface area contributed by atoms with E-state index in [0.717, 1.165) is 13.0 Å². The van der Waals surface area contributed by atoms with Gasteiger partial charge in [0.15, 0.2) is 0 Å². The molecule has 0 aromatic carbocycles. The largest absolute Gasteiger partial charge is 0.309 e. The molecule has 0 saturated heterocycles. The summed E-state index contributed by atoms with van der Waals surface area (Å²) in [6, 6.07) is 0. The summed E-state index contributed by atoms with van der Waals surface area (Å²) in [7, 11) is 0. The van der Waals surface area contributed by atoms with Crippen LogP contribution in [0.3, 0.4) is 0 Å². The summed E-state index contributed by atoms with van der Waals surface area (Å²) in [5.74, 6) is 0. The van der Waals surface area contributed by atoms with E-state index in [1.54, 1.807) is 0 Å². The first-order valence-corrected chi connectivity index (χ1v) is 3.04. The van der Waals surface area contributed by atoms with Crippen molar-refractivity contribution >= 4 is 29.3 Å². The molecule has 0 spiro atoms. The second-order valence-corrected chi connectivity index (χ2v) is 1.95. The second-order valence-electron chi connectivity index (χ2n) is 1.53. The van der Waals surface area contributed by atoms with Crippen molar-refractivity contribution in [2.45, 2.75) is 13.3 Å². The van der Waals surface area contributed by atoms with Crippen molar-refractivity contribution in [1.82, 2.24) is 5.32 Å². The summed E-state index contributed by atoms with van der Waals surface area (Å²) >= 11 is 5.01. The quantitative estimate of drug-likeness (QED) is 0.509. The van der Waals surface area contributed by atoms with E-state index in [1.807, 2.05) is 6.92 Å². The summed E-state index contributed by atoms with van der Waals surface area (Å²) < 4.78 is 0. The Hall–Kier alpha value is 0.210. The third-order valence-electron chi connectivity index (χ3n) is 0.691. The lowest BCUT2D eigenvalue weighted by Gasteiger charge is -1.94. The molecule has 9 heavy (non-hydrogen) atoms. The molecule has 0 radical (unpaired) electrons. The van der Waals surface area contributed by atoms with Crippen molar-refractivity contribution in [3.05, 3.63) is 0 Å². The molecule has 1 N–H and O–H groups in total. The van der Waals surface area contributed by atoms with Crippen molar-refractivity contribution in [1.29, 1.82) is 0 Å². The maximum absolute atomic E-state index is 10.0. The molecule has 0 saturated carbocycles. The highest BCUT2D eigenvalue weighted by molar-refractivity contribution is 6.64. The van der Waals surface area contributed by atoms with Crippen LogP contribution in [0, 0.1) is 0 Å². The Morgan fingerprint density at radius 3 is 2.56 bits per heavy atom. The number of carbonyl (C=O) groups is 1. The smallest absolute Gasteiger partial charge is 0.235 e. The highest BCUT2D eigenvalue weighted by atomic mass is 35.5. The zero-order valence-electron chi connectivity index (χ0n) is 5.32. The van der Waals surface area contributed by atoms with Gasteiger partial charge in [-0.25, -0.2) is 0 Å². The van der Waals surface area contributed by atoms with Gasteiger partial charge < -0.3 is 5.32 Å². The van der Waals surface area contributed by atoms with Crippen LogP contribution in [0.25, 0.3) is 0 Å². The van der Waals surface area contributed by atoms with Gasteiger partial charge in [0.05, 0.1) is 6.54 Å². The molecule has 0 bridgehead atoms. The van der Waals surface area contributed by atoms with Gasteiger partial charge in [-0.1, -0.05) is 6.92 Å². The third kappa shape index (κ3) is 11.7. The lowest BCUT2D eigenvalue weighted by atomic mass is 10.5. The average Bonchev–Trinajstić information content (AvgIpc) is 1.66.